The first-order valence-corrected chi connectivity index (χ1v) is 4.42. The summed E-state index contributed by atoms with van der Waals surface area (Å²) in [6.07, 6.45) is 0. The fraction of sp³-hybridized carbons (Fsp3) is 0.0909. The fourth-order valence-electron chi connectivity index (χ4n) is 1.37. The van der Waals surface area contributed by atoms with E-state index in [1.54, 1.807) is 31.2 Å². The topological polar surface area (TPSA) is 66.2 Å². The summed E-state index contributed by atoms with van der Waals surface area (Å²) in [4.78, 5) is 10.8. The molecule has 1 heterocycles. The van der Waals surface area contributed by atoms with Crippen molar-refractivity contribution in [1.82, 2.24) is 5.16 Å². The lowest BCUT2D eigenvalue weighted by Crippen LogP contribution is -2.22. The Morgan fingerprint density at radius 3 is 2.73 bits per heavy atom. The van der Waals surface area contributed by atoms with Gasteiger partial charge in [0.15, 0.2) is 5.76 Å². The summed E-state index contributed by atoms with van der Waals surface area (Å²) in [5.74, 6) is -0.785. The number of hydrogen-bond donors (Lipinski definition) is 0. The molecule has 15 heavy (non-hydrogen) atoms. The lowest BCUT2D eigenvalue weighted by atomic mass is 10.1. The first-order valence-electron chi connectivity index (χ1n) is 4.42. The van der Waals surface area contributed by atoms with Gasteiger partial charge in [0, 0.05) is 17.2 Å². The lowest BCUT2D eigenvalue weighted by molar-refractivity contribution is -0.254. The summed E-state index contributed by atoms with van der Waals surface area (Å²) in [6, 6.07) is 8.19. The quantitative estimate of drug-likeness (QED) is 0.729. The maximum absolute atomic E-state index is 10.8. The molecule has 0 aliphatic rings. The Hall–Kier alpha value is -2.10. The van der Waals surface area contributed by atoms with Gasteiger partial charge in [-0.3, -0.25) is 0 Å². The van der Waals surface area contributed by atoms with Gasteiger partial charge in [-0.1, -0.05) is 29.4 Å². The van der Waals surface area contributed by atoms with Crippen molar-refractivity contribution >= 4 is 5.97 Å². The molecule has 0 unspecified atom stereocenters. The van der Waals surface area contributed by atoms with E-state index in [1.807, 2.05) is 0 Å². The standard InChI is InChI=1S/C11H9NO3/c1-7-6-10(15-12-7)8-4-2-3-5-9(8)11(13)14/h2-6H,1H3,(H,13,14)/p-1. The molecule has 4 nitrogen and oxygen atoms in total. The van der Waals surface area contributed by atoms with Gasteiger partial charge in [-0.2, -0.15) is 0 Å². The van der Waals surface area contributed by atoms with E-state index in [0.717, 1.165) is 0 Å². The molecule has 1 aromatic heterocycles. The highest BCUT2D eigenvalue weighted by molar-refractivity contribution is 5.93. The predicted molar refractivity (Wildman–Crippen MR) is 51.0 cm³/mol. The average Bonchev–Trinajstić information content (AvgIpc) is 2.65. The molecule has 0 aliphatic carbocycles. The normalized spacial score (nSPS) is 10.2. The zero-order chi connectivity index (χ0) is 10.8. The number of benzene rings is 1. The molecule has 0 atom stereocenters. The average molecular weight is 202 g/mol. The van der Waals surface area contributed by atoms with Crippen LogP contribution in [0.5, 0.6) is 0 Å². The van der Waals surface area contributed by atoms with Gasteiger partial charge in [-0.15, -0.1) is 0 Å². The molecular formula is C11H8NO3-. The Bertz CT molecular complexity index is 502. The second-order valence-corrected chi connectivity index (χ2v) is 3.17. The van der Waals surface area contributed by atoms with Crippen molar-refractivity contribution in [1.29, 1.82) is 0 Å². The third-order valence-electron chi connectivity index (χ3n) is 2.04. The second-order valence-electron chi connectivity index (χ2n) is 3.17. The number of aromatic nitrogens is 1. The van der Waals surface area contributed by atoms with Gasteiger partial charge in [-0.05, 0) is 6.92 Å². The van der Waals surface area contributed by atoms with E-state index >= 15 is 0 Å². The van der Waals surface area contributed by atoms with E-state index < -0.39 is 5.97 Å². The van der Waals surface area contributed by atoms with Gasteiger partial charge in [0.2, 0.25) is 0 Å². The van der Waals surface area contributed by atoms with Gasteiger partial charge in [0.05, 0.1) is 11.7 Å². The molecule has 0 N–H and O–H groups in total. The summed E-state index contributed by atoms with van der Waals surface area (Å²) in [5.41, 5.74) is 1.30. The predicted octanol–water partition coefficient (Wildman–Crippen LogP) is 1.01. The minimum absolute atomic E-state index is 0.105. The van der Waals surface area contributed by atoms with E-state index in [2.05, 4.69) is 5.16 Å². The van der Waals surface area contributed by atoms with Crippen molar-refractivity contribution in [2.75, 3.05) is 0 Å². The number of carboxylic acids is 1. The SMILES string of the molecule is Cc1cc(-c2ccccc2C(=O)[O-])on1. The van der Waals surface area contributed by atoms with Crippen LogP contribution in [0.2, 0.25) is 0 Å². The van der Waals surface area contributed by atoms with Crippen LogP contribution in [-0.2, 0) is 0 Å². The van der Waals surface area contributed by atoms with E-state index in [9.17, 15) is 9.90 Å². The molecule has 1 aromatic carbocycles. The minimum atomic E-state index is -1.22. The van der Waals surface area contributed by atoms with Crippen LogP contribution in [0.1, 0.15) is 16.1 Å². The molecule has 0 fully saturated rings. The molecule has 4 heteroatoms. The number of nitrogens with zero attached hydrogens (tertiary/aromatic N) is 1. The number of carbonyl (C=O) groups excluding carboxylic acids is 1. The lowest BCUT2D eigenvalue weighted by Gasteiger charge is -2.06. The molecule has 2 rings (SSSR count). The Balaban J connectivity index is 2.57. The maximum atomic E-state index is 10.8. The van der Waals surface area contributed by atoms with E-state index in [1.165, 1.54) is 6.07 Å². The maximum Gasteiger partial charge on any atom is 0.167 e. The highest BCUT2D eigenvalue weighted by atomic mass is 16.5. The first-order chi connectivity index (χ1) is 7.18. The summed E-state index contributed by atoms with van der Waals surface area (Å²) in [6.45, 7) is 1.77. The van der Waals surface area contributed by atoms with Gasteiger partial charge >= 0.3 is 0 Å². The van der Waals surface area contributed by atoms with Crippen molar-refractivity contribution in [2.24, 2.45) is 0 Å². The van der Waals surface area contributed by atoms with Crippen molar-refractivity contribution in [3.05, 3.63) is 41.6 Å². The van der Waals surface area contributed by atoms with Gasteiger partial charge in [-0.25, -0.2) is 0 Å². The van der Waals surface area contributed by atoms with Crippen LogP contribution in [0.3, 0.4) is 0 Å². The third kappa shape index (κ3) is 1.74. The zero-order valence-corrected chi connectivity index (χ0v) is 8.06. The molecule has 0 aliphatic heterocycles. The van der Waals surface area contributed by atoms with Gasteiger partial charge in [0.1, 0.15) is 0 Å². The van der Waals surface area contributed by atoms with Crippen molar-refractivity contribution < 1.29 is 14.4 Å². The summed E-state index contributed by atoms with van der Waals surface area (Å²) < 4.78 is 5.00. The van der Waals surface area contributed by atoms with Crippen LogP contribution in [0.15, 0.2) is 34.9 Å². The van der Waals surface area contributed by atoms with Crippen molar-refractivity contribution in [3.63, 3.8) is 0 Å². The number of aryl methyl sites for hydroxylation is 1. The Morgan fingerprint density at radius 2 is 2.13 bits per heavy atom. The van der Waals surface area contributed by atoms with Gasteiger partial charge < -0.3 is 14.4 Å². The number of aromatic carboxylic acids is 1. The van der Waals surface area contributed by atoms with Gasteiger partial charge in [0.25, 0.3) is 0 Å². The van der Waals surface area contributed by atoms with Crippen molar-refractivity contribution in [3.8, 4) is 11.3 Å². The first kappa shape index (κ1) is 9.45. The molecule has 0 spiro atoms. The molecule has 0 saturated heterocycles. The van der Waals surface area contributed by atoms with Crippen LogP contribution in [-0.4, -0.2) is 11.1 Å². The molecule has 0 amide bonds. The highest BCUT2D eigenvalue weighted by Crippen LogP contribution is 2.23. The molecule has 0 radical (unpaired) electrons. The fourth-order valence-corrected chi connectivity index (χ4v) is 1.37. The monoisotopic (exact) mass is 202 g/mol. The van der Waals surface area contributed by atoms with Crippen molar-refractivity contribution in [2.45, 2.75) is 6.92 Å². The van der Waals surface area contributed by atoms with Crippen LogP contribution in [0.25, 0.3) is 11.3 Å². The Labute approximate surface area is 86.1 Å². The van der Waals surface area contributed by atoms with Crippen LogP contribution < -0.4 is 5.11 Å². The summed E-state index contributed by atoms with van der Waals surface area (Å²) >= 11 is 0. The van der Waals surface area contributed by atoms with Crippen LogP contribution in [0, 0.1) is 6.92 Å². The molecular weight excluding hydrogens is 194 g/mol. The zero-order valence-electron chi connectivity index (χ0n) is 8.06. The summed E-state index contributed by atoms with van der Waals surface area (Å²) in [7, 11) is 0. The minimum Gasteiger partial charge on any atom is -0.545 e. The number of carbonyl (C=O) groups is 1. The van der Waals surface area contributed by atoms with Crippen LogP contribution >= 0.6 is 0 Å². The largest absolute Gasteiger partial charge is 0.545 e. The second kappa shape index (κ2) is 3.57. The van der Waals surface area contributed by atoms with Crippen LogP contribution in [0.4, 0.5) is 0 Å². The smallest absolute Gasteiger partial charge is 0.167 e. The molecule has 2 aromatic rings. The number of rotatable bonds is 2. The van der Waals surface area contributed by atoms with E-state index in [0.29, 0.717) is 17.0 Å². The summed E-state index contributed by atoms with van der Waals surface area (Å²) in [5, 5.41) is 14.5. The molecule has 76 valence electrons. The number of hydrogen-bond acceptors (Lipinski definition) is 4. The van der Waals surface area contributed by atoms with E-state index in [-0.39, 0.29) is 5.56 Å². The highest BCUT2D eigenvalue weighted by Gasteiger charge is 2.09. The molecule has 0 bridgehead atoms. The Kier molecular flexibility index (Phi) is 2.25. The van der Waals surface area contributed by atoms with E-state index in [4.69, 9.17) is 4.52 Å². The Morgan fingerprint density at radius 1 is 1.40 bits per heavy atom. The molecule has 0 saturated carbocycles. The number of carboxylic acid groups (broad SMARTS) is 1. The third-order valence-corrected chi connectivity index (χ3v) is 2.04.